The molecule has 24 heavy (non-hydrogen) atoms. The maximum absolute atomic E-state index is 12.1. The van der Waals surface area contributed by atoms with Gasteiger partial charge in [-0.15, -0.1) is 0 Å². The minimum atomic E-state index is -0.0439. The first-order valence-corrected chi connectivity index (χ1v) is 8.10. The molecule has 0 aliphatic carbocycles. The van der Waals surface area contributed by atoms with Crippen molar-refractivity contribution < 1.29 is 4.79 Å². The summed E-state index contributed by atoms with van der Waals surface area (Å²) in [5.41, 5.74) is 2.93. The highest BCUT2D eigenvalue weighted by Crippen LogP contribution is 2.15. The first-order valence-electron chi connectivity index (χ1n) is 7.73. The fourth-order valence-electron chi connectivity index (χ4n) is 2.50. The molecule has 0 aliphatic heterocycles. The maximum atomic E-state index is 12.1. The highest BCUT2D eigenvalue weighted by molar-refractivity contribution is 6.31. The highest BCUT2D eigenvalue weighted by Gasteiger charge is 2.06. The number of halogens is 1. The van der Waals surface area contributed by atoms with Crippen molar-refractivity contribution in [1.82, 2.24) is 14.9 Å². The summed E-state index contributed by atoms with van der Waals surface area (Å²) in [5, 5.41) is 3.54. The minimum absolute atomic E-state index is 0.0439. The van der Waals surface area contributed by atoms with Crippen LogP contribution >= 0.6 is 11.6 Å². The van der Waals surface area contributed by atoms with E-state index in [2.05, 4.69) is 10.3 Å². The molecule has 0 saturated carbocycles. The summed E-state index contributed by atoms with van der Waals surface area (Å²) in [7, 11) is 0. The molecule has 122 valence electrons. The van der Waals surface area contributed by atoms with Gasteiger partial charge in [0.15, 0.2) is 0 Å². The number of rotatable bonds is 5. The summed E-state index contributed by atoms with van der Waals surface area (Å²) < 4.78 is 2.01. The lowest BCUT2D eigenvalue weighted by molar-refractivity contribution is -0.120. The van der Waals surface area contributed by atoms with Crippen LogP contribution in [0.4, 0.5) is 0 Å². The van der Waals surface area contributed by atoms with Gasteiger partial charge in [0.05, 0.1) is 6.42 Å². The van der Waals surface area contributed by atoms with E-state index in [-0.39, 0.29) is 12.3 Å². The minimum Gasteiger partial charge on any atom is -0.352 e. The number of aromatic nitrogens is 2. The summed E-state index contributed by atoms with van der Waals surface area (Å²) in [4.78, 5) is 16.3. The Balaban J connectivity index is 1.58. The summed E-state index contributed by atoms with van der Waals surface area (Å²) >= 11 is 6.08. The van der Waals surface area contributed by atoms with Gasteiger partial charge in [-0.3, -0.25) is 4.79 Å². The third-order valence-corrected chi connectivity index (χ3v) is 4.21. The zero-order valence-electron chi connectivity index (χ0n) is 13.4. The Kier molecular flexibility index (Phi) is 4.96. The van der Waals surface area contributed by atoms with E-state index in [4.69, 9.17) is 11.6 Å². The highest BCUT2D eigenvalue weighted by atomic mass is 35.5. The van der Waals surface area contributed by atoms with Gasteiger partial charge < -0.3 is 9.88 Å². The van der Waals surface area contributed by atoms with Crippen molar-refractivity contribution in [3.8, 4) is 5.69 Å². The predicted molar refractivity (Wildman–Crippen MR) is 95.3 cm³/mol. The van der Waals surface area contributed by atoms with Crippen LogP contribution < -0.4 is 5.32 Å². The summed E-state index contributed by atoms with van der Waals surface area (Å²) in [5.74, 6) is 0.897. The quantitative estimate of drug-likeness (QED) is 0.770. The Morgan fingerprint density at radius 3 is 2.58 bits per heavy atom. The second-order valence-electron chi connectivity index (χ2n) is 5.56. The number of benzene rings is 2. The zero-order valence-corrected chi connectivity index (χ0v) is 14.1. The van der Waals surface area contributed by atoms with Crippen LogP contribution in [0.1, 0.15) is 17.0 Å². The van der Waals surface area contributed by atoms with Crippen LogP contribution in [-0.2, 0) is 17.8 Å². The van der Waals surface area contributed by atoms with Gasteiger partial charge in [-0.2, -0.15) is 0 Å². The summed E-state index contributed by atoms with van der Waals surface area (Å²) in [6.07, 6.45) is 3.99. The third kappa shape index (κ3) is 3.84. The molecular weight excluding hydrogens is 322 g/mol. The van der Waals surface area contributed by atoms with Gasteiger partial charge in [0.2, 0.25) is 5.91 Å². The molecule has 1 N–H and O–H groups in total. The van der Waals surface area contributed by atoms with E-state index >= 15 is 0 Å². The number of carbonyl (C=O) groups excluding carboxylic acids is 1. The molecule has 3 aromatic rings. The van der Waals surface area contributed by atoms with Crippen LogP contribution in [0, 0.1) is 6.92 Å². The predicted octanol–water partition coefficient (Wildman–Crippen LogP) is 3.69. The number of imidazole rings is 1. The first kappa shape index (κ1) is 16.3. The Morgan fingerprint density at radius 2 is 1.92 bits per heavy atom. The van der Waals surface area contributed by atoms with Gasteiger partial charge in [0.25, 0.3) is 0 Å². The van der Waals surface area contributed by atoms with Crippen molar-refractivity contribution in [1.29, 1.82) is 0 Å². The van der Waals surface area contributed by atoms with E-state index in [9.17, 15) is 4.79 Å². The molecule has 0 aliphatic rings. The van der Waals surface area contributed by atoms with Gasteiger partial charge in [-0.25, -0.2) is 4.98 Å². The second kappa shape index (κ2) is 7.32. The van der Waals surface area contributed by atoms with Crippen LogP contribution in [0.25, 0.3) is 5.69 Å². The van der Waals surface area contributed by atoms with Gasteiger partial charge in [-0.05, 0) is 36.2 Å². The van der Waals surface area contributed by atoms with E-state index in [1.54, 1.807) is 12.3 Å². The van der Waals surface area contributed by atoms with Crippen molar-refractivity contribution in [3.05, 3.63) is 82.9 Å². The van der Waals surface area contributed by atoms with Crippen molar-refractivity contribution in [3.63, 3.8) is 0 Å². The number of hydrogen-bond acceptors (Lipinski definition) is 2. The molecule has 0 saturated heterocycles. The molecule has 0 unspecified atom stereocenters. The van der Waals surface area contributed by atoms with Crippen molar-refractivity contribution in [2.75, 3.05) is 0 Å². The SMILES string of the molecule is Cc1nccn1-c1ccc(CNC(=O)Cc2ccccc2Cl)cc1. The molecule has 1 amide bonds. The largest absolute Gasteiger partial charge is 0.352 e. The molecule has 1 heterocycles. The number of amides is 1. The van der Waals surface area contributed by atoms with Crippen LogP contribution in [0.2, 0.25) is 5.02 Å². The fraction of sp³-hybridized carbons (Fsp3) is 0.158. The van der Waals surface area contributed by atoms with E-state index in [1.807, 2.05) is 60.2 Å². The number of aryl methyl sites for hydroxylation is 1. The Hall–Kier alpha value is -2.59. The monoisotopic (exact) mass is 339 g/mol. The summed E-state index contributed by atoms with van der Waals surface area (Å²) in [6.45, 7) is 2.45. The summed E-state index contributed by atoms with van der Waals surface area (Å²) in [6, 6.07) is 15.4. The lowest BCUT2D eigenvalue weighted by Crippen LogP contribution is -2.24. The van der Waals surface area contributed by atoms with E-state index < -0.39 is 0 Å². The smallest absolute Gasteiger partial charge is 0.224 e. The molecule has 5 heteroatoms. The maximum Gasteiger partial charge on any atom is 0.224 e. The lowest BCUT2D eigenvalue weighted by Gasteiger charge is -2.09. The van der Waals surface area contributed by atoms with Crippen LogP contribution in [0.3, 0.4) is 0 Å². The number of carbonyl (C=O) groups is 1. The third-order valence-electron chi connectivity index (χ3n) is 3.84. The lowest BCUT2D eigenvalue weighted by atomic mass is 10.1. The molecule has 2 aromatic carbocycles. The first-order chi connectivity index (χ1) is 11.6. The van der Waals surface area contributed by atoms with Crippen LogP contribution in [0.15, 0.2) is 60.9 Å². The molecule has 0 bridgehead atoms. The normalized spacial score (nSPS) is 10.6. The molecular formula is C19H18ClN3O. The second-order valence-corrected chi connectivity index (χ2v) is 5.96. The molecule has 3 rings (SSSR count). The average molecular weight is 340 g/mol. The molecule has 0 spiro atoms. The molecule has 0 fully saturated rings. The van der Waals surface area contributed by atoms with Crippen molar-refractivity contribution >= 4 is 17.5 Å². The van der Waals surface area contributed by atoms with Gasteiger partial charge in [0, 0.05) is 29.6 Å². The Bertz CT molecular complexity index is 840. The zero-order chi connectivity index (χ0) is 16.9. The number of nitrogens with zero attached hydrogens (tertiary/aromatic N) is 2. The van der Waals surface area contributed by atoms with E-state index in [0.717, 1.165) is 22.6 Å². The Labute approximate surface area is 146 Å². The topological polar surface area (TPSA) is 46.9 Å². The van der Waals surface area contributed by atoms with Gasteiger partial charge in [-0.1, -0.05) is 41.9 Å². The fourth-order valence-corrected chi connectivity index (χ4v) is 2.71. The molecule has 4 nitrogen and oxygen atoms in total. The van der Waals surface area contributed by atoms with Crippen molar-refractivity contribution in [2.24, 2.45) is 0 Å². The van der Waals surface area contributed by atoms with Crippen LogP contribution in [0.5, 0.6) is 0 Å². The van der Waals surface area contributed by atoms with Gasteiger partial charge in [0.1, 0.15) is 5.82 Å². The van der Waals surface area contributed by atoms with Gasteiger partial charge >= 0.3 is 0 Å². The molecule has 0 atom stereocenters. The molecule has 0 radical (unpaired) electrons. The van der Waals surface area contributed by atoms with Crippen molar-refractivity contribution in [2.45, 2.75) is 19.9 Å². The number of hydrogen-bond donors (Lipinski definition) is 1. The van der Waals surface area contributed by atoms with E-state index in [0.29, 0.717) is 11.6 Å². The average Bonchev–Trinajstić information content (AvgIpc) is 3.02. The molecule has 1 aromatic heterocycles. The van der Waals surface area contributed by atoms with E-state index in [1.165, 1.54) is 0 Å². The standard InChI is InChI=1S/C19H18ClN3O/c1-14-21-10-11-23(14)17-8-6-15(7-9-17)13-22-19(24)12-16-4-2-3-5-18(16)20/h2-11H,12-13H2,1H3,(H,22,24). The number of nitrogens with one attached hydrogen (secondary N) is 1. The Morgan fingerprint density at radius 1 is 1.17 bits per heavy atom. The van der Waals surface area contributed by atoms with Crippen LogP contribution in [-0.4, -0.2) is 15.5 Å².